The van der Waals surface area contributed by atoms with E-state index in [-0.39, 0.29) is 56.2 Å². The molecule has 2 aliphatic heterocycles. The summed E-state index contributed by atoms with van der Waals surface area (Å²) in [6.07, 6.45) is 1.71. The third kappa shape index (κ3) is 11.8. The Balaban J connectivity index is 0.805. The van der Waals surface area contributed by atoms with Crippen LogP contribution in [0, 0.1) is 26.7 Å². The van der Waals surface area contributed by atoms with Crippen LogP contribution >= 0.6 is 11.3 Å². The highest BCUT2D eigenvalue weighted by Gasteiger charge is 2.38. The summed E-state index contributed by atoms with van der Waals surface area (Å²) in [5.74, 6) is -0.676. The fourth-order valence-electron chi connectivity index (χ4n) is 9.12. The molecule has 4 heterocycles. The van der Waals surface area contributed by atoms with E-state index in [1.807, 2.05) is 117 Å². The number of nitrogens with one attached hydrogen (secondary N) is 3. The van der Waals surface area contributed by atoms with Gasteiger partial charge in [0, 0.05) is 88.8 Å². The van der Waals surface area contributed by atoms with Gasteiger partial charge >= 0.3 is 5.97 Å². The molecule has 3 aromatic carbocycles. The van der Waals surface area contributed by atoms with Gasteiger partial charge in [-0.1, -0.05) is 25.6 Å². The molecule has 2 aromatic heterocycles. The number of carbonyl (C=O) groups excluding carboxylic acids is 3. The van der Waals surface area contributed by atoms with Crippen molar-refractivity contribution in [1.82, 2.24) is 30.0 Å². The van der Waals surface area contributed by atoms with Crippen molar-refractivity contribution in [3.8, 4) is 27.5 Å². The highest BCUT2D eigenvalue weighted by Crippen LogP contribution is 2.44. The first-order valence-corrected chi connectivity index (χ1v) is 25.9. The first-order valence-electron chi connectivity index (χ1n) is 25.1. The molecule has 0 saturated carbocycles. The van der Waals surface area contributed by atoms with E-state index in [0.29, 0.717) is 82.6 Å². The second kappa shape index (κ2) is 24.2. The lowest BCUT2D eigenvalue weighted by atomic mass is 9.89. The number of aryl methyl sites for hydroxylation is 2. The van der Waals surface area contributed by atoms with Gasteiger partial charge in [-0.3, -0.25) is 23.9 Å². The van der Waals surface area contributed by atoms with Crippen molar-refractivity contribution in [3.05, 3.63) is 141 Å². The number of benzene rings is 4. The average Bonchev–Trinajstić information content (AvgIpc) is 3.93. The smallest absolute Gasteiger partial charge is 0.336 e. The van der Waals surface area contributed by atoms with Crippen LogP contribution in [-0.2, 0) is 23.8 Å². The van der Waals surface area contributed by atoms with Crippen molar-refractivity contribution in [3.63, 3.8) is 0 Å². The number of fused-ring (bicyclic) bond motifs is 5. The van der Waals surface area contributed by atoms with E-state index < -0.39 is 17.9 Å². The number of hydrogen-bond acceptors (Lipinski definition) is 13. The van der Waals surface area contributed by atoms with Crippen LogP contribution in [0.2, 0.25) is 0 Å². The van der Waals surface area contributed by atoms with Gasteiger partial charge in [-0.15, -0.1) is 21.5 Å². The van der Waals surface area contributed by atoms with E-state index in [4.69, 9.17) is 23.6 Å². The Morgan fingerprint density at radius 3 is 2.21 bits per heavy atom. The zero-order chi connectivity index (χ0) is 54.2. The number of aromatic carboxylic acids is 1. The van der Waals surface area contributed by atoms with Crippen LogP contribution in [0.5, 0.6) is 0 Å². The number of anilines is 2. The number of aromatic nitrogens is 3. The summed E-state index contributed by atoms with van der Waals surface area (Å²) in [4.78, 5) is 60.5. The molecule has 4 N–H and O–H groups in total. The van der Waals surface area contributed by atoms with Crippen LogP contribution in [0.3, 0.4) is 0 Å². The molecule has 0 fully saturated rings. The average molecular weight is 1050 g/mol. The molecule has 3 aliphatic rings. The maximum atomic E-state index is 13.9. The Morgan fingerprint density at radius 1 is 0.855 bits per heavy atom. The molecule has 8 rings (SSSR count). The van der Waals surface area contributed by atoms with Gasteiger partial charge in [0.25, 0.3) is 5.91 Å². The Hall–Kier alpha value is -7.84. The molecule has 76 heavy (non-hydrogen) atoms. The predicted molar refractivity (Wildman–Crippen MR) is 295 cm³/mol. The fraction of sp³-hybridized carbons (Fsp3) is 0.333. The topological polar surface area (TPSA) is 215 Å². The van der Waals surface area contributed by atoms with E-state index in [1.165, 1.54) is 18.2 Å². The second-order valence-corrected chi connectivity index (χ2v) is 19.9. The summed E-state index contributed by atoms with van der Waals surface area (Å²) < 4.78 is 27.6. The van der Waals surface area contributed by atoms with Gasteiger partial charge in [0.1, 0.15) is 42.3 Å². The van der Waals surface area contributed by atoms with E-state index >= 15 is 0 Å². The Labute approximate surface area is 445 Å². The SMILES string of the molecule is C=CC(=O)Nc1ccc(C2=N[C@@H]([C@@H](CC)C(=O)NCCOCCOCCOCCNC(=O)c3ccc(C(=O)O)c(-c4c5ccc(=[N+](C)C)cc-5oc5cc(N(C)C)ccc45)c3)c3nnc(C)n3-c3sc(C)c(C)c32)cc1. The molecule has 0 spiro atoms. The summed E-state index contributed by atoms with van der Waals surface area (Å²) >= 11 is 1.64. The minimum Gasteiger partial charge on any atom is -0.478 e. The molecule has 0 radical (unpaired) electrons. The molecule has 396 valence electrons. The van der Waals surface area contributed by atoms with Gasteiger partial charge in [0.15, 0.2) is 5.82 Å². The number of thiophene rings is 1. The Morgan fingerprint density at radius 2 is 1.55 bits per heavy atom. The number of hydrogen-bond donors (Lipinski definition) is 4. The monoisotopic (exact) mass is 1050 g/mol. The van der Waals surface area contributed by atoms with Crippen LogP contribution in [0.4, 0.5) is 11.4 Å². The van der Waals surface area contributed by atoms with Gasteiger partial charge < -0.3 is 44.6 Å². The summed E-state index contributed by atoms with van der Waals surface area (Å²) in [5, 5.41) is 30.7. The predicted octanol–water partition coefficient (Wildman–Crippen LogP) is 7.21. The minimum absolute atomic E-state index is 0.0556. The third-order valence-corrected chi connectivity index (χ3v) is 14.5. The maximum absolute atomic E-state index is 13.9. The van der Waals surface area contributed by atoms with E-state index in [2.05, 4.69) is 46.6 Å². The van der Waals surface area contributed by atoms with Gasteiger partial charge in [-0.05, 0) is 92.9 Å². The number of amides is 3. The summed E-state index contributed by atoms with van der Waals surface area (Å²) in [5.41, 5.74) is 7.84. The minimum atomic E-state index is -1.12. The maximum Gasteiger partial charge on any atom is 0.336 e. The highest BCUT2D eigenvalue weighted by molar-refractivity contribution is 7.15. The van der Waals surface area contributed by atoms with Gasteiger partial charge in [0.2, 0.25) is 17.2 Å². The normalized spacial score (nSPS) is 13.3. The van der Waals surface area contributed by atoms with Crippen LogP contribution in [0.25, 0.3) is 38.4 Å². The molecular formula is C57H64N9O9S+. The number of aliphatic imine (C=N–C) groups is 1. The van der Waals surface area contributed by atoms with Crippen molar-refractivity contribution in [2.45, 2.75) is 40.2 Å². The van der Waals surface area contributed by atoms with Crippen molar-refractivity contribution in [2.75, 3.05) is 91.1 Å². The summed E-state index contributed by atoms with van der Waals surface area (Å²) in [6, 6.07) is 23.0. The van der Waals surface area contributed by atoms with Gasteiger partial charge in [-0.25, -0.2) is 9.37 Å². The summed E-state index contributed by atoms with van der Waals surface area (Å²) in [6.45, 7) is 13.7. The summed E-state index contributed by atoms with van der Waals surface area (Å²) in [7, 11) is 7.74. The third-order valence-electron chi connectivity index (χ3n) is 13.3. The van der Waals surface area contributed by atoms with E-state index in [0.717, 1.165) is 43.3 Å². The Bertz CT molecular complexity index is 3390. The first-order chi connectivity index (χ1) is 36.6. The zero-order valence-electron chi connectivity index (χ0n) is 44.1. The molecule has 2 atom stereocenters. The Kier molecular flexibility index (Phi) is 17.3. The molecule has 5 aromatic rings. The quantitative estimate of drug-likeness (QED) is 0.0230. The van der Waals surface area contributed by atoms with Crippen LogP contribution in [0.1, 0.15) is 73.3 Å². The number of rotatable bonds is 22. The van der Waals surface area contributed by atoms with Crippen molar-refractivity contribution >= 4 is 63.1 Å². The lowest BCUT2D eigenvalue weighted by molar-refractivity contribution is -0.126. The molecule has 18 nitrogen and oxygen atoms in total. The van der Waals surface area contributed by atoms with Crippen molar-refractivity contribution < 1.29 is 42.9 Å². The van der Waals surface area contributed by atoms with Crippen LogP contribution < -0.4 is 30.8 Å². The number of carbonyl (C=O) groups is 4. The molecular weight excluding hydrogens is 987 g/mol. The number of carboxylic acid groups (broad SMARTS) is 1. The number of nitrogens with zero attached hydrogens (tertiary/aromatic N) is 6. The lowest BCUT2D eigenvalue weighted by Gasteiger charge is -2.22. The number of ether oxygens (including phenoxy) is 3. The fourth-order valence-corrected chi connectivity index (χ4v) is 10.3. The molecule has 0 saturated heterocycles. The largest absolute Gasteiger partial charge is 0.478 e. The zero-order valence-corrected chi connectivity index (χ0v) is 44.9. The molecule has 3 amide bonds. The van der Waals surface area contributed by atoms with Crippen LogP contribution in [-0.4, -0.2) is 130 Å². The van der Waals surface area contributed by atoms with Gasteiger partial charge in [0.05, 0.1) is 62.9 Å². The van der Waals surface area contributed by atoms with Crippen LogP contribution in [0.15, 0.2) is 101 Å². The second-order valence-electron chi connectivity index (χ2n) is 18.7. The van der Waals surface area contributed by atoms with Crippen molar-refractivity contribution in [1.29, 1.82) is 0 Å². The number of carboxylic acids is 1. The highest BCUT2D eigenvalue weighted by atomic mass is 32.1. The van der Waals surface area contributed by atoms with E-state index in [1.54, 1.807) is 17.4 Å². The van der Waals surface area contributed by atoms with Gasteiger partial charge in [-0.2, -0.15) is 0 Å². The first kappa shape index (κ1) is 54.4. The molecule has 1 aliphatic carbocycles. The molecule has 19 heteroatoms. The molecule has 0 bridgehead atoms. The lowest BCUT2D eigenvalue weighted by Crippen LogP contribution is -2.36. The van der Waals surface area contributed by atoms with E-state index in [9.17, 15) is 24.3 Å². The standard InChI is InChI=1S/C57H63N9O9S/c1-10-41(52-53-63-62-35(5)66(53)56-49(33(3)34(4)76-56)51(61-52)36-12-15-38(16-13-36)60-48(67)11-2)55(69)59-23-25-73-27-29-74-28-26-72-24-22-58-54(68)37-14-19-42(57(70)71)45(30-37)50-43-20-17-39(64(6)7)31-46(43)75-47-32-40(65(8)9)18-21-44(47)50/h11-21,30-32,41,52H,2,10,22-29H2,1,3-9H3,(H3-,58,59,60,61,67,68,69,70,71)/p+1/t41-,52+/m1/s1. The molecule has 0 unspecified atom stereocenters. The van der Waals surface area contributed by atoms with Crippen molar-refractivity contribution in [2.24, 2.45) is 10.9 Å².